The average molecular weight is 394 g/mol. The predicted octanol–water partition coefficient (Wildman–Crippen LogP) is 2.54. The van der Waals surface area contributed by atoms with Gasteiger partial charge in [-0.05, 0) is 32.8 Å². The van der Waals surface area contributed by atoms with Crippen molar-refractivity contribution in [2.45, 2.75) is 32.7 Å². The number of ether oxygens (including phenoxy) is 1. The van der Waals surface area contributed by atoms with E-state index in [4.69, 9.17) is 4.74 Å². The minimum Gasteiger partial charge on any atom is -0.456 e. The monoisotopic (exact) mass is 394 g/mol. The SMILES string of the molecule is Cc1[nH]c2ccccc2c1C(=O)COC(=O)[C@H](C)N1C(=O)[C@H]2CC=CC[C@@H]2C1=O. The third kappa shape index (κ3) is 3.16. The fourth-order valence-electron chi connectivity index (χ4n) is 4.28. The van der Waals surface area contributed by atoms with Crippen molar-refractivity contribution >= 4 is 34.5 Å². The van der Waals surface area contributed by atoms with Crippen LogP contribution in [0.3, 0.4) is 0 Å². The zero-order chi connectivity index (χ0) is 20.7. The number of imide groups is 1. The van der Waals surface area contributed by atoms with Crippen LogP contribution >= 0.6 is 0 Å². The largest absolute Gasteiger partial charge is 0.456 e. The van der Waals surface area contributed by atoms with Gasteiger partial charge in [-0.15, -0.1) is 0 Å². The number of fused-ring (bicyclic) bond motifs is 2. The van der Waals surface area contributed by atoms with Crippen LogP contribution in [0.5, 0.6) is 0 Å². The Labute approximate surface area is 167 Å². The number of nitrogens with zero attached hydrogens (tertiary/aromatic N) is 1. The molecule has 2 aliphatic rings. The van der Waals surface area contributed by atoms with Gasteiger partial charge in [-0.1, -0.05) is 30.4 Å². The first kappa shape index (κ1) is 19.1. The van der Waals surface area contributed by atoms with Gasteiger partial charge in [-0.3, -0.25) is 19.3 Å². The first-order valence-electron chi connectivity index (χ1n) is 9.69. The van der Waals surface area contributed by atoms with Crippen LogP contribution in [0.2, 0.25) is 0 Å². The number of H-pyrrole nitrogens is 1. The summed E-state index contributed by atoms with van der Waals surface area (Å²) in [7, 11) is 0. The maximum Gasteiger partial charge on any atom is 0.329 e. The maximum atomic E-state index is 12.7. The van der Waals surface area contributed by atoms with Crippen molar-refractivity contribution in [3.63, 3.8) is 0 Å². The summed E-state index contributed by atoms with van der Waals surface area (Å²) in [4.78, 5) is 54.5. The van der Waals surface area contributed by atoms with Crippen LogP contribution in [0.1, 0.15) is 35.8 Å². The zero-order valence-electron chi connectivity index (χ0n) is 16.3. The van der Waals surface area contributed by atoms with Crippen LogP contribution in [0.15, 0.2) is 36.4 Å². The molecule has 0 saturated carbocycles. The number of rotatable bonds is 5. The van der Waals surface area contributed by atoms with E-state index in [0.717, 1.165) is 15.8 Å². The number of benzene rings is 1. The fraction of sp³-hybridized carbons (Fsp3) is 0.364. The summed E-state index contributed by atoms with van der Waals surface area (Å²) in [5, 5.41) is 0.764. The number of para-hydroxylation sites is 1. The van der Waals surface area contributed by atoms with Gasteiger partial charge in [0.25, 0.3) is 0 Å². The summed E-state index contributed by atoms with van der Waals surface area (Å²) in [6.45, 7) is 2.80. The molecule has 0 spiro atoms. The molecule has 1 aromatic carbocycles. The lowest BCUT2D eigenvalue weighted by molar-refractivity contribution is -0.157. The van der Waals surface area contributed by atoms with E-state index in [0.29, 0.717) is 24.1 Å². The van der Waals surface area contributed by atoms with Crippen LogP contribution in [0.4, 0.5) is 0 Å². The molecule has 1 fully saturated rings. The van der Waals surface area contributed by atoms with Gasteiger partial charge in [0.15, 0.2) is 6.61 Å². The van der Waals surface area contributed by atoms with Crippen LogP contribution in [0.25, 0.3) is 10.9 Å². The normalized spacial score (nSPS) is 22.1. The number of aromatic amines is 1. The van der Waals surface area contributed by atoms with Crippen LogP contribution in [-0.4, -0.2) is 46.1 Å². The van der Waals surface area contributed by atoms with E-state index in [1.54, 1.807) is 6.92 Å². The summed E-state index contributed by atoms with van der Waals surface area (Å²) in [6.07, 6.45) is 4.79. The highest BCUT2D eigenvalue weighted by atomic mass is 16.5. The van der Waals surface area contributed by atoms with Gasteiger partial charge < -0.3 is 9.72 Å². The number of carbonyl (C=O) groups excluding carboxylic acids is 4. The number of ketones is 1. The van der Waals surface area contributed by atoms with E-state index in [-0.39, 0.29) is 17.6 Å². The fourth-order valence-corrected chi connectivity index (χ4v) is 4.28. The summed E-state index contributed by atoms with van der Waals surface area (Å²) >= 11 is 0. The number of hydrogen-bond acceptors (Lipinski definition) is 5. The van der Waals surface area contributed by atoms with Gasteiger partial charge in [0, 0.05) is 22.2 Å². The number of likely N-dealkylation sites (tertiary alicyclic amines) is 1. The number of esters is 1. The van der Waals surface area contributed by atoms with Crippen molar-refractivity contribution in [1.29, 1.82) is 0 Å². The Bertz CT molecular complexity index is 1020. The number of amides is 2. The predicted molar refractivity (Wildman–Crippen MR) is 105 cm³/mol. The first-order valence-corrected chi connectivity index (χ1v) is 9.69. The molecule has 1 N–H and O–H groups in total. The lowest BCUT2D eigenvalue weighted by atomic mass is 9.85. The van der Waals surface area contributed by atoms with Gasteiger partial charge in [-0.2, -0.15) is 0 Å². The minimum atomic E-state index is -1.06. The molecule has 1 aliphatic heterocycles. The molecule has 150 valence electrons. The van der Waals surface area contributed by atoms with Crippen LogP contribution in [-0.2, 0) is 19.1 Å². The van der Waals surface area contributed by atoms with E-state index < -0.39 is 30.5 Å². The topological polar surface area (TPSA) is 96.5 Å². The van der Waals surface area contributed by atoms with Gasteiger partial charge in [0.1, 0.15) is 6.04 Å². The Morgan fingerprint density at radius 3 is 2.41 bits per heavy atom. The molecule has 2 amide bonds. The zero-order valence-corrected chi connectivity index (χ0v) is 16.3. The molecule has 1 saturated heterocycles. The molecular formula is C22H22N2O5. The van der Waals surface area contributed by atoms with Crippen LogP contribution < -0.4 is 0 Å². The van der Waals surface area contributed by atoms with Gasteiger partial charge >= 0.3 is 5.97 Å². The van der Waals surface area contributed by atoms with Crippen molar-refractivity contribution in [2.24, 2.45) is 11.8 Å². The highest BCUT2D eigenvalue weighted by molar-refractivity contribution is 6.11. The summed E-state index contributed by atoms with van der Waals surface area (Å²) in [6, 6.07) is 6.34. The third-order valence-electron chi connectivity index (χ3n) is 5.79. The molecule has 4 rings (SSSR count). The third-order valence-corrected chi connectivity index (χ3v) is 5.79. The second kappa shape index (κ2) is 7.31. The van der Waals surface area contributed by atoms with E-state index in [1.807, 2.05) is 36.4 Å². The standard InChI is InChI=1S/C22H22N2O5/c1-12-19(16-9-5-6-10-17(16)23-12)18(25)11-29-22(28)13(2)24-20(26)14-7-3-4-8-15(14)21(24)27/h3-6,9-10,13-15,23H,7-8,11H2,1-2H3/t13-,14-,15-/m0/s1. The molecule has 3 atom stereocenters. The molecule has 2 aromatic rings. The molecule has 0 radical (unpaired) electrons. The van der Waals surface area contributed by atoms with Crippen molar-refractivity contribution in [1.82, 2.24) is 9.88 Å². The van der Waals surface area contributed by atoms with Crippen molar-refractivity contribution in [3.05, 3.63) is 47.7 Å². The highest BCUT2D eigenvalue weighted by Crippen LogP contribution is 2.36. The second-order valence-corrected chi connectivity index (χ2v) is 7.58. The van der Waals surface area contributed by atoms with Crippen molar-refractivity contribution in [3.8, 4) is 0 Å². The van der Waals surface area contributed by atoms with E-state index >= 15 is 0 Å². The van der Waals surface area contributed by atoms with E-state index in [1.165, 1.54) is 6.92 Å². The van der Waals surface area contributed by atoms with Crippen LogP contribution in [0, 0.1) is 18.8 Å². The molecule has 1 aromatic heterocycles. The number of Topliss-reactive ketones (excluding diaryl/α,β-unsaturated/α-hetero) is 1. The Hall–Kier alpha value is -3.22. The smallest absolute Gasteiger partial charge is 0.329 e. The van der Waals surface area contributed by atoms with Crippen molar-refractivity contribution < 1.29 is 23.9 Å². The molecule has 7 nitrogen and oxygen atoms in total. The molecule has 0 bridgehead atoms. The number of carbonyl (C=O) groups is 4. The summed E-state index contributed by atoms with van der Waals surface area (Å²) in [5.74, 6) is -2.58. The average Bonchev–Trinajstić information content (AvgIpc) is 3.19. The number of allylic oxidation sites excluding steroid dienone is 2. The molecule has 29 heavy (non-hydrogen) atoms. The molecule has 7 heteroatoms. The minimum absolute atomic E-state index is 0.336. The maximum absolute atomic E-state index is 12.7. The van der Waals surface area contributed by atoms with Crippen molar-refractivity contribution in [2.75, 3.05) is 6.61 Å². The first-order chi connectivity index (χ1) is 13.9. The van der Waals surface area contributed by atoms with Gasteiger partial charge in [-0.25, -0.2) is 4.79 Å². The molecule has 2 heterocycles. The number of nitrogens with one attached hydrogen (secondary N) is 1. The Morgan fingerprint density at radius 1 is 1.14 bits per heavy atom. The Kier molecular flexibility index (Phi) is 4.82. The number of aromatic nitrogens is 1. The number of hydrogen-bond donors (Lipinski definition) is 1. The molecule has 0 unspecified atom stereocenters. The highest BCUT2D eigenvalue weighted by Gasteiger charge is 2.50. The summed E-state index contributed by atoms with van der Waals surface area (Å²) < 4.78 is 5.19. The lowest BCUT2D eigenvalue weighted by Crippen LogP contribution is -2.44. The Balaban J connectivity index is 1.44. The quantitative estimate of drug-likeness (QED) is 0.364. The van der Waals surface area contributed by atoms with E-state index in [9.17, 15) is 19.2 Å². The molecular weight excluding hydrogens is 372 g/mol. The summed E-state index contributed by atoms with van der Waals surface area (Å²) in [5.41, 5.74) is 2.01. The Morgan fingerprint density at radius 2 is 1.76 bits per heavy atom. The second-order valence-electron chi connectivity index (χ2n) is 7.58. The van der Waals surface area contributed by atoms with Gasteiger partial charge in [0.2, 0.25) is 17.6 Å². The lowest BCUT2D eigenvalue weighted by Gasteiger charge is -2.21. The van der Waals surface area contributed by atoms with Gasteiger partial charge in [0.05, 0.1) is 11.8 Å². The van der Waals surface area contributed by atoms with E-state index in [2.05, 4.69) is 4.98 Å². The molecule has 1 aliphatic carbocycles. The number of aryl methyl sites for hydroxylation is 1.